The fraction of sp³-hybridized carbons (Fsp3) is 0.368. The molecular weight excluding hydrogens is 403 g/mol. The molecule has 1 fully saturated rings. The Hall–Kier alpha value is -2.03. The van der Waals surface area contributed by atoms with E-state index in [2.05, 4.69) is 9.97 Å². The molecule has 3 heterocycles. The van der Waals surface area contributed by atoms with Gasteiger partial charge in [0.2, 0.25) is 10.0 Å². The molecule has 1 unspecified atom stereocenters. The van der Waals surface area contributed by atoms with E-state index in [0.717, 1.165) is 29.5 Å². The van der Waals surface area contributed by atoms with Gasteiger partial charge < -0.3 is 4.57 Å². The molecular formula is C19H20ClFN4O2S. The second kappa shape index (κ2) is 7.42. The highest BCUT2D eigenvalue weighted by Crippen LogP contribution is 2.27. The molecule has 9 heteroatoms. The largest absolute Gasteiger partial charge is 0.316 e. The predicted molar refractivity (Wildman–Crippen MR) is 106 cm³/mol. The Morgan fingerprint density at radius 2 is 2.14 bits per heavy atom. The average Bonchev–Trinajstić information content (AvgIpc) is 3.24. The van der Waals surface area contributed by atoms with Crippen LogP contribution in [0.1, 0.15) is 17.8 Å². The Labute approximate surface area is 168 Å². The summed E-state index contributed by atoms with van der Waals surface area (Å²) in [5.74, 6) is 0.382. The topological polar surface area (TPSA) is 68.1 Å². The number of hydrogen-bond donors (Lipinski definition) is 0. The minimum atomic E-state index is -3.52. The second-order valence-electron chi connectivity index (χ2n) is 7.14. The number of benzene rings is 1. The van der Waals surface area contributed by atoms with Gasteiger partial charge in [-0.1, -0.05) is 17.7 Å². The molecule has 4 rings (SSSR count). The summed E-state index contributed by atoms with van der Waals surface area (Å²) in [5.41, 5.74) is 2.08. The van der Waals surface area contributed by atoms with Gasteiger partial charge in [0.25, 0.3) is 0 Å². The Kier molecular flexibility index (Phi) is 5.11. The number of aromatic nitrogens is 3. The zero-order valence-electron chi connectivity index (χ0n) is 15.3. The van der Waals surface area contributed by atoms with Crippen molar-refractivity contribution in [1.82, 2.24) is 18.8 Å². The third-order valence-electron chi connectivity index (χ3n) is 5.19. The molecule has 3 aromatic rings. The lowest BCUT2D eigenvalue weighted by molar-refractivity contribution is 0.451. The highest BCUT2D eigenvalue weighted by atomic mass is 35.5. The highest BCUT2D eigenvalue weighted by molar-refractivity contribution is 7.88. The average molecular weight is 423 g/mol. The molecule has 2 aromatic heterocycles. The van der Waals surface area contributed by atoms with Crippen LogP contribution in [0.4, 0.5) is 4.39 Å². The molecule has 0 N–H and O–H groups in total. The summed E-state index contributed by atoms with van der Waals surface area (Å²) < 4.78 is 42.2. The van der Waals surface area contributed by atoms with Crippen LogP contribution in [0.2, 0.25) is 5.02 Å². The first-order valence-electron chi connectivity index (χ1n) is 9.01. The number of fused-ring (bicyclic) bond motifs is 1. The Morgan fingerprint density at radius 3 is 2.89 bits per heavy atom. The minimum absolute atomic E-state index is 0.131. The minimum Gasteiger partial charge on any atom is -0.316 e. The number of pyridine rings is 1. The first-order valence-corrected chi connectivity index (χ1v) is 11.0. The summed E-state index contributed by atoms with van der Waals surface area (Å²) in [6, 6.07) is 7.56. The monoisotopic (exact) mass is 422 g/mol. The maximum Gasteiger partial charge on any atom is 0.218 e. The normalized spacial score (nSPS) is 18.2. The zero-order chi connectivity index (χ0) is 19.9. The van der Waals surface area contributed by atoms with Crippen LogP contribution in [0.3, 0.4) is 0 Å². The molecule has 148 valence electrons. The molecule has 6 nitrogen and oxygen atoms in total. The van der Waals surface area contributed by atoms with Crippen molar-refractivity contribution in [1.29, 1.82) is 0 Å². The van der Waals surface area contributed by atoms with Crippen LogP contribution in [0.25, 0.3) is 11.2 Å². The van der Waals surface area contributed by atoms with Gasteiger partial charge in [0.15, 0.2) is 5.65 Å². The van der Waals surface area contributed by atoms with Crippen molar-refractivity contribution in [3.05, 3.63) is 58.8 Å². The Balaban J connectivity index is 1.46. The third-order valence-corrected chi connectivity index (χ3v) is 7.33. The van der Waals surface area contributed by atoms with Gasteiger partial charge in [-0.2, -0.15) is 0 Å². The molecule has 1 atom stereocenters. The van der Waals surface area contributed by atoms with E-state index in [1.165, 1.54) is 16.4 Å². The van der Waals surface area contributed by atoms with E-state index >= 15 is 0 Å². The molecule has 1 saturated heterocycles. The van der Waals surface area contributed by atoms with E-state index in [1.54, 1.807) is 6.20 Å². The number of halogens is 2. The maximum atomic E-state index is 13.2. The van der Waals surface area contributed by atoms with E-state index in [4.69, 9.17) is 11.6 Å². The van der Waals surface area contributed by atoms with Gasteiger partial charge >= 0.3 is 0 Å². The lowest BCUT2D eigenvalue weighted by Gasteiger charge is -2.17. The second-order valence-corrected chi connectivity index (χ2v) is 9.52. The number of nitrogens with zero attached hydrogens (tertiary/aromatic N) is 4. The van der Waals surface area contributed by atoms with Crippen LogP contribution in [-0.4, -0.2) is 40.3 Å². The molecule has 1 aliphatic rings. The number of rotatable bonds is 5. The summed E-state index contributed by atoms with van der Waals surface area (Å²) in [6.45, 7) is 0.909. The van der Waals surface area contributed by atoms with E-state index in [9.17, 15) is 12.8 Å². The van der Waals surface area contributed by atoms with Crippen LogP contribution < -0.4 is 0 Å². The number of hydrogen-bond acceptors (Lipinski definition) is 4. The maximum absolute atomic E-state index is 13.2. The number of sulfonamides is 1. The van der Waals surface area contributed by atoms with Gasteiger partial charge in [-0.3, -0.25) is 0 Å². The van der Waals surface area contributed by atoms with Crippen LogP contribution in [0, 0.1) is 11.7 Å². The molecule has 0 saturated carbocycles. The van der Waals surface area contributed by atoms with Crippen molar-refractivity contribution < 1.29 is 12.8 Å². The summed E-state index contributed by atoms with van der Waals surface area (Å²) >= 11 is 5.99. The molecule has 0 amide bonds. The fourth-order valence-corrected chi connectivity index (χ4v) is 5.62. The fourth-order valence-electron chi connectivity index (χ4n) is 3.65. The summed E-state index contributed by atoms with van der Waals surface area (Å²) in [6.07, 6.45) is 3.20. The van der Waals surface area contributed by atoms with Crippen molar-refractivity contribution in [2.24, 2.45) is 13.0 Å². The Bertz CT molecular complexity index is 1130. The number of aryl methyl sites for hydroxylation is 1. The van der Waals surface area contributed by atoms with Crippen LogP contribution in [0.5, 0.6) is 0 Å². The van der Waals surface area contributed by atoms with Gasteiger partial charge in [0.05, 0.1) is 5.75 Å². The zero-order valence-corrected chi connectivity index (χ0v) is 16.9. The van der Waals surface area contributed by atoms with E-state index in [1.807, 2.05) is 23.7 Å². The van der Waals surface area contributed by atoms with Crippen molar-refractivity contribution in [3.8, 4) is 0 Å². The standard InChI is InChI=1S/C19H20ClFN4O2S/c1-24-18(23-17-3-2-7-22-19(17)24)9-13-6-8-25(11-13)28(26,27)12-14-4-5-15(21)10-16(14)20/h2-5,7,10,13H,6,8-9,11-12H2,1H3. The smallest absolute Gasteiger partial charge is 0.218 e. The van der Waals surface area contributed by atoms with Crippen molar-refractivity contribution >= 4 is 32.8 Å². The van der Waals surface area contributed by atoms with E-state index in [0.29, 0.717) is 25.1 Å². The van der Waals surface area contributed by atoms with Gasteiger partial charge in [0, 0.05) is 37.8 Å². The molecule has 1 aromatic carbocycles. The van der Waals surface area contributed by atoms with Crippen LogP contribution in [-0.2, 0) is 29.2 Å². The SMILES string of the molecule is Cn1c(CC2CCN(S(=O)(=O)Cc3ccc(F)cc3Cl)C2)nc2cccnc21. The Morgan fingerprint density at radius 1 is 1.32 bits per heavy atom. The van der Waals surface area contributed by atoms with Crippen LogP contribution >= 0.6 is 11.6 Å². The molecule has 0 bridgehead atoms. The number of imidazole rings is 1. The van der Waals surface area contributed by atoms with Crippen molar-refractivity contribution in [2.45, 2.75) is 18.6 Å². The van der Waals surface area contributed by atoms with Gasteiger partial charge in [-0.05, 0) is 42.2 Å². The van der Waals surface area contributed by atoms with Gasteiger partial charge in [-0.15, -0.1) is 0 Å². The van der Waals surface area contributed by atoms with Gasteiger partial charge in [0.1, 0.15) is 17.2 Å². The third kappa shape index (κ3) is 3.76. The lowest BCUT2D eigenvalue weighted by Crippen LogP contribution is -2.30. The first kappa shape index (κ1) is 19.3. The van der Waals surface area contributed by atoms with Gasteiger partial charge in [-0.25, -0.2) is 27.1 Å². The lowest BCUT2D eigenvalue weighted by atomic mass is 10.1. The molecule has 0 aliphatic carbocycles. The molecule has 0 radical (unpaired) electrons. The first-order chi connectivity index (χ1) is 13.3. The van der Waals surface area contributed by atoms with E-state index < -0.39 is 15.8 Å². The summed E-state index contributed by atoms with van der Waals surface area (Å²) in [4.78, 5) is 8.98. The molecule has 0 spiro atoms. The van der Waals surface area contributed by atoms with Crippen LogP contribution in [0.15, 0.2) is 36.5 Å². The van der Waals surface area contributed by atoms with E-state index in [-0.39, 0.29) is 16.7 Å². The predicted octanol–water partition coefficient (Wildman–Crippen LogP) is 3.16. The van der Waals surface area contributed by atoms with Crippen molar-refractivity contribution in [2.75, 3.05) is 13.1 Å². The summed E-state index contributed by atoms with van der Waals surface area (Å²) in [7, 11) is -1.59. The van der Waals surface area contributed by atoms with Crippen molar-refractivity contribution in [3.63, 3.8) is 0 Å². The summed E-state index contributed by atoms with van der Waals surface area (Å²) in [5, 5.41) is 0.131. The molecule has 28 heavy (non-hydrogen) atoms. The highest BCUT2D eigenvalue weighted by Gasteiger charge is 2.32. The quantitative estimate of drug-likeness (QED) is 0.633. The molecule has 1 aliphatic heterocycles.